The van der Waals surface area contributed by atoms with E-state index in [-0.39, 0.29) is 5.78 Å². The molecule has 1 saturated heterocycles. The van der Waals surface area contributed by atoms with E-state index in [1.54, 1.807) is 42.3 Å². The maximum Gasteiger partial charge on any atom is 0.291 e. The number of hydrogen-bond donors (Lipinski definition) is 0. The van der Waals surface area contributed by atoms with Gasteiger partial charge in [-0.3, -0.25) is 14.4 Å². The van der Waals surface area contributed by atoms with E-state index >= 15 is 0 Å². The maximum absolute atomic E-state index is 13.3. The molecule has 152 valence electrons. The number of para-hydroxylation sites is 1. The molecular formula is C24H27NO4. The molecule has 5 nitrogen and oxygen atoms in total. The van der Waals surface area contributed by atoms with Crippen LogP contribution >= 0.6 is 0 Å². The first-order valence-electron chi connectivity index (χ1n) is 10.2. The van der Waals surface area contributed by atoms with Crippen LogP contribution in [-0.4, -0.2) is 36.0 Å². The van der Waals surface area contributed by atoms with Crippen LogP contribution in [0.5, 0.6) is 5.75 Å². The lowest BCUT2D eigenvalue weighted by atomic mass is 9.86. The monoisotopic (exact) mass is 393 g/mol. The highest BCUT2D eigenvalue weighted by atomic mass is 16.5. The van der Waals surface area contributed by atoms with Crippen molar-refractivity contribution >= 4 is 17.5 Å². The highest BCUT2D eigenvalue weighted by molar-refractivity contribution is 6.44. The summed E-state index contributed by atoms with van der Waals surface area (Å²) in [4.78, 5) is 40.7. The zero-order valence-corrected chi connectivity index (χ0v) is 17.0. The summed E-state index contributed by atoms with van der Waals surface area (Å²) < 4.78 is 5.49. The highest BCUT2D eigenvalue weighted by Gasteiger charge is 2.52. The van der Waals surface area contributed by atoms with Gasteiger partial charge in [0.15, 0.2) is 5.78 Å². The fraction of sp³-hybridized carbons (Fsp3) is 0.375. The SMILES string of the molecule is CCCCCCN1C(=O)C(=O)C(C(=O)c2ccccc2)C1c1ccccc1OC. The van der Waals surface area contributed by atoms with E-state index < -0.39 is 23.7 Å². The Morgan fingerprint density at radius 1 is 0.966 bits per heavy atom. The van der Waals surface area contributed by atoms with Crippen molar-refractivity contribution in [1.29, 1.82) is 0 Å². The molecule has 1 heterocycles. The minimum atomic E-state index is -1.06. The van der Waals surface area contributed by atoms with Gasteiger partial charge in [-0.05, 0) is 12.5 Å². The van der Waals surface area contributed by atoms with Gasteiger partial charge in [0.05, 0.1) is 13.2 Å². The van der Waals surface area contributed by atoms with Gasteiger partial charge in [0.25, 0.3) is 5.91 Å². The van der Waals surface area contributed by atoms with Gasteiger partial charge in [0.1, 0.15) is 11.7 Å². The van der Waals surface area contributed by atoms with E-state index in [0.717, 1.165) is 25.7 Å². The molecule has 2 atom stereocenters. The number of Topliss-reactive ketones (excluding diaryl/α,β-unsaturated/α-hetero) is 2. The molecule has 0 aliphatic carbocycles. The number of hydrogen-bond acceptors (Lipinski definition) is 4. The van der Waals surface area contributed by atoms with Crippen molar-refractivity contribution < 1.29 is 19.1 Å². The summed E-state index contributed by atoms with van der Waals surface area (Å²) in [7, 11) is 1.55. The number of ketones is 2. The standard InChI is InChI=1S/C24H27NO4/c1-3-4-5-11-16-25-21(18-14-9-10-15-19(18)29-2)20(23(27)24(25)28)22(26)17-12-7-6-8-13-17/h6-10,12-15,20-21H,3-5,11,16H2,1-2H3. The van der Waals surface area contributed by atoms with Crippen LogP contribution in [0.1, 0.15) is 54.6 Å². The first-order chi connectivity index (χ1) is 14.1. The van der Waals surface area contributed by atoms with Crippen molar-refractivity contribution in [3.8, 4) is 5.75 Å². The molecule has 0 spiro atoms. The Bertz CT molecular complexity index is 877. The number of likely N-dealkylation sites (tertiary alicyclic amines) is 1. The fourth-order valence-corrected chi connectivity index (χ4v) is 3.98. The zero-order valence-electron chi connectivity index (χ0n) is 17.0. The van der Waals surface area contributed by atoms with Crippen molar-refractivity contribution in [3.05, 3.63) is 65.7 Å². The lowest BCUT2D eigenvalue weighted by Crippen LogP contribution is -2.32. The van der Waals surface area contributed by atoms with Gasteiger partial charge in [-0.2, -0.15) is 0 Å². The third-order valence-corrected chi connectivity index (χ3v) is 5.46. The Hall–Kier alpha value is -2.95. The predicted molar refractivity (Wildman–Crippen MR) is 111 cm³/mol. The first kappa shape index (κ1) is 20.8. The molecule has 0 saturated carbocycles. The Morgan fingerprint density at radius 3 is 2.34 bits per heavy atom. The van der Waals surface area contributed by atoms with Crippen LogP contribution in [-0.2, 0) is 9.59 Å². The van der Waals surface area contributed by atoms with Crippen LogP contribution < -0.4 is 4.74 Å². The summed E-state index contributed by atoms with van der Waals surface area (Å²) >= 11 is 0. The molecule has 0 radical (unpaired) electrons. The maximum atomic E-state index is 13.3. The lowest BCUT2D eigenvalue weighted by molar-refractivity contribution is -0.140. The molecule has 2 aromatic carbocycles. The van der Waals surface area contributed by atoms with Crippen LogP contribution in [0.3, 0.4) is 0 Å². The summed E-state index contributed by atoms with van der Waals surface area (Å²) in [5, 5.41) is 0. The summed E-state index contributed by atoms with van der Waals surface area (Å²) in [5.74, 6) is -2.02. The molecular weight excluding hydrogens is 366 g/mol. The number of amides is 1. The van der Waals surface area contributed by atoms with Crippen molar-refractivity contribution in [3.63, 3.8) is 0 Å². The third-order valence-electron chi connectivity index (χ3n) is 5.46. The molecule has 1 amide bonds. The third kappa shape index (κ3) is 4.24. The minimum absolute atomic E-state index is 0.323. The van der Waals surface area contributed by atoms with E-state index in [2.05, 4.69) is 6.92 Å². The zero-order chi connectivity index (χ0) is 20.8. The quantitative estimate of drug-likeness (QED) is 0.277. The van der Waals surface area contributed by atoms with Crippen LogP contribution in [0.2, 0.25) is 0 Å². The van der Waals surface area contributed by atoms with Gasteiger partial charge in [-0.15, -0.1) is 0 Å². The average Bonchev–Trinajstić information content (AvgIpc) is 3.01. The number of carbonyl (C=O) groups excluding carboxylic acids is 3. The summed E-state index contributed by atoms with van der Waals surface area (Å²) in [6.07, 6.45) is 3.93. The normalized spacial score (nSPS) is 18.9. The average molecular weight is 393 g/mol. The van der Waals surface area contributed by atoms with E-state index in [1.165, 1.54) is 0 Å². The van der Waals surface area contributed by atoms with Gasteiger partial charge >= 0.3 is 0 Å². The van der Waals surface area contributed by atoms with Gasteiger partial charge in [0.2, 0.25) is 5.78 Å². The predicted octanol–water partition coefficient (Wildman–Crippen LogP) is 4.23. The number of carbonyl (C=O) groups is 3. The molecule has 1 fully saturated rings. The van der Waals surface area contributed by atoms with Crippen LogP contribution in [0.4, 0.5) is 0 Å². The van der Waals surface area contributed by atoms with Gasteiger partial charge < -0.3 is 9.64 Å². The fourth-order valence-electron chi connectivity index (χ4n) is 3.98. The largest absolute Gasteiger partial charge is 0.496 e. The Balaban J connectivity index is 2.01. The van der Waals surface area contributed by atoms with Gasteiger partial charge in [-0.25, -0.2) is 0 Å². The van der Waals surface area contributed by atoms with Crippen molar-refractivity contribution in [2.75, 3.05) is 13.7 Å². The summed E-state index contributed by atoms with van der Waals surface area (Å²) in [6.45, 7) is 2.57. The Morgan fingerprint density at radius 2 is 1.66 bits per heavy atom. The number of ether oxygens (including phenoxy) is 1. The summed E-state index contributed by atoms with van der Waals surface area (Å²) in [6, 6.07) is 15.3. The van der Waals surface area contributed by atoms with Crippen molar-refractivity contribution in [1.82, 2.24) is 4.90 Å². The topological polar surface area (TPSA) is 63.7 Å². The lowest BCUT2D eigenvalue weighted by Gasteiger charge is -2.28. The van der Waals surface area contributed by atoms with Gasteiger partial charge in [-0.1, -0.05) is 74.7 Å². The van der Waals surface area contributed by atoms with Crippen LogP contribution in [0, 0.1) is 5.92 Å². The first-order valence-corrected chi connectivity index (χ1v) is 10.2. The molecule has 2 aromatic rings. The smallest absolute Gasteiger partial charge is 0.291 e. The molecule has 0 N–H and O–H groups in total. The minimum Gasteiger partial charge on any atom is -0.496 e. The molecule has 1 aliphatic heterocycles. The molecule has 2 unspecified atom stereocenters. The second kappa shape index (κ2) is 9.50. The van der Waals surface area contributed by atoms with E-state index in [9.17, 15) is 14.4 Å². The summed E-state index contributed by atoms with van der Waals surface area (Å²) in [5.41, 5.74) is 1.13. The van der Waals surface area contributed by atoms with Crippen LogP contribution in [0.25, 0.3) is 0 Å². The number of rotatable bonds is 9. The number of nitrogens with zero attached hydrogens (tertiary/aromatic N) is 1. The number of benzene rings is 2. The molecule has 0 bridgehead atoms. The van der Waals surface area contributed by atoms with E-state index in [1.807, 2.05) is 24.3 Å². The van der Waals surface area contributed by atoms with Crippen molar-refractivity contribution in [2.24, 2.45) is 5.92 Å². The number of methoxy groups -OCH3 is 1. The molecule has 0 aromatic heterocycles. The molecule has 3 rings (SSSR count). The van der Waals surface area contributed by atoms with Gasteiger partial charge in [0, 0.05) is 17.7 Å². The molecule has 5 heteroatoms. The number of unbranched alkanes of at least 4 members (excludes halogenated alkanes) is 3. The highest BCUT2D eigenvalue weighted by Crippen LogP contribution is 2.41. The molecule has 1 aliphatic rings. The van der Waals surface area contributed by atoms with Crippen molar-refractivity contribution in [2.45, 2.75) is 38.6 Å². The second-order valence-electron chi connectivity index (χ2n) is 7.32. The Labute approximate surface area is 171 Å². The van der Waals surface area contributed by atoms with E-state index in [0.29, 0.717) is 23.4 Å². The Kier molecular flexibility index (Phi) is 6.81. The van der Waals surface area contributed by atoms with E-state index in [4.69, 9.17) is 4.74 Å². The van der Waals surface area contributed by atoms with Crippen LogP contribution in [0.15, 0.2) is 54.6 Å². The molecule has 29 heavy (non-hydrogen) atoms. The second-order valence-corrected chi connectivity index (χ2v) is 7.32.